The highest BCUT2D eigenvalue weighted by Crippen LogP contribution is 2.36. The minimum Gasteiger partial charge on any atom is -0.465 e. The lowest BCUT2D eigenvalue weighted by atomic mass is 9.80. The van der Waals surface area contributed by atoms with E-state index in [-0.39, 0.29) is 17.2 Å². The third-order valence-corrected chi connectivity index (χ3v) is 3.20. The zero-order valence-electron chi connectivity index (χ0n) is 13.4. The molecular formula is C16H19ClF2O4. The summed E-state index contributed by atoms with van der Waals surface area (Å²) in [4.78, 5) is 24.8. The van der Waals surface area contributed by atoms with E-state index in [1.165, 1.54) is 52.0 Å². The van der Waals surface area contributed by atoms with Gasteiger partial charge in [-0.2, -0.15) is 0 Å². The van der Waals surface area contributed by atoms with Crippen LogP contribution in [0.1, 0.15) is 33.3 Å². The van der Waals surface area contributed by atoms with Gasteiger partial charge in [-0.05, 0) is 45.4 Å². The van der Waals surface area contributed by atoms with Crippen molar-refractivity contribution in [1.29, 1.82) is 0 Å². The van der Waals surface area contributed by atoms with E-state index in [1.807, 2.05) is 0 Å². The van der Waals surface area contributed by atoms with Gasteiger partial charge in [-0.3, -0.25) is 9.59 Å². The summed E-state index contributed by atoms with van der Waals surface area (Å²) in [6.07, 6.45) is -3.35. The van der Waals surface area contributed by atoms with Crippen LogP contribution in [-0.2, 0) is 24.5 Å². The number of alkyl halides is 2. The van der Waals surface area contributed by atoms with Crippen LogP contribution in [0.2, 0.25) is 5.02 Å². The molecule has 1 aromatic rings. The molecule has 0 aliphatic carbocycles. The smallest absolute Gasteiger partial charge is 0.334 e. The Morgan fingerprint density at radius 2 is 1.65 bits per heavy atom. The molecule has 0 amide bonds. The zero-order chi connectivity index (χ0) is 17.8. The molecule has 0 saturated heterocycles. The zero-order valence-corrected chi connectivity index (χ0v) is 14.1. The number of halogens is 3. The second-order valence-corrected chi connectivity index (χ2v) is 6.27. The summed E-state index contributed by atoms with van der Waals surface area (Å²) in [6, 6.07) is 5.01. The van der Waals surface area contributed by atoms with Crippen molar-refractivity contribution in [2.24, 2.45) is 0 Å². The monoisotopic (exact) mass is 348 g/mol. The van der Waals surface area contributed by atoms with Gasteiger partial charge in [0, 0.05) is 5.02 Å². The van der Waals surface area contributed by atoms with Crippen LogP contribution in [0.25, 0.3) is 0 Å². The van der Waals surface area contributed by atoms with Gasteiger partial charge in [0.15, 0.2) is 0 Å². The van der Waals surface area contributed by atoms with Crippen LogP contribution in [0.5, 0.6) is 0 Å². The van der Waals surface area contributed by atoms with Gasteiger partial charge in [-0.15, -0.1) is 0 Å². The second-order valence-electron chi connectivity index (χ2n) is 5.84. The van der Waals surface area contributed by atoms with Crippen LogP contribution in [-0.4, -0.2) is 30.6 Å². The van der Waals surface area contributed by atoms with Crippen molar-refractivity contribution in [3.05, 3.63) is 34.9 Å². The number of carbonyl (C=O) groups is 2. The molecule has 0 spiro atoms. The summed E-state index contributed by atoms with van der Waals surface area (Å²) in [5.74, 6) is -2.72. The first-order valence-electron chi connectivity index (χ1n) is 7.00. The van der Waals surface area contributed by atoms with Gasteiger partial charge in [-0.25, -0.2) is 8.78 Å². The van der Waals surface area contributed by atoms with Crippen molar-refractivity contribution in [2.75, 3.05) is 6.61 Å². The lowest BCUT2D eigenvalue weighted by Gasteiger charge is -2.32. The molecule has 0 heterocycles. The molecule has 1 rings (SSSR count). The predicted molar refractivity (Wildman–Crippen MR) is 81.6 cm³/mol. The van der Waals surface area contributed by atoms with Gasteiger partial charge in [0.05, 0.1) is 6.61 Å². The molecule has 0 aliphatic heterocycles. The van der Waals surface area contributed by atoms with Gasteiger partial charge in [0.2, 0.25) is 5.41 Å². The average Bonchev–Trinajstić information content (AvgIpc) is 2.39. The Kier molecular flexibility index (Phi) is 6.11. The summed E-state index contributed by atoms with van der Waals surface area (Å²) < 4.78 is 37.6. The maximum atomic E-state index is 13.9. The normalized spacial score (nSPS) is 14.3. The van der Waals surface area contributed by atoms with Crippen molar-refractivity contribution in [3.8, 4) is 0 Å². The van der Waals surface area contributed by atoms with Crippen LogP contribution in [0.3, 0.4) is 0 Å². The van der Waals surface area contributed by atoms with Crippen molar-refractivity contribution in [2.45, 2.75) is 45.1 Å². The quantitative estimate of drug-likeness (QED) is 0.600. The summed E-state index contributed by atoms with van der Waals surface area (Å²) in [7, 11) is 0. The van der Waals surface area contributed by atoms with E-state index in [0.29, 0.717) is 0 Å². The summed E-state index contributed by atoms with van der Waals surface area (Å²) in [5.41, 5.74) is -4.13. The fourth-order valence-corrected chi connectivity index (χ4v) is 2.07. The van der Waals surface area contributed by atoms with Crippen LogP contribution in [0.4, 0.5) is 8.78 Å². The molecule has 23 heavy (non-hydrogen) atoms. The van der Waals surface area contributed by atoms with E-state index in [4.69, 9.17) is 21.1 Å². The standard InChI is InChI=1S/C16H19ClF2O4/c1-5-22-13(20)16(12(18)19,14(21)23-15(2,3)4)10-6-8-11(17)9-7-10/h6-9,12H,5H2,1-4H3. The maximum Gasteiger partial charge on any atom is 0.334 e. The number of esters is 2. The Bertz CT molecular complexity index is 566. The lowest BCUT2D eigenvalue weighted by Crippen LogP contribution is -2.53. The molecule has 1 atom stereocenters. The summed E-state index contributed by atoms with van der Waals surface area (Å²) >= 11 is 5.75. The van der Waals surface area contributed by atoms with E-state index in [2.05, 4.69) is 0 Å². The largest absolute Gasteiger partial charge is 0.465 e. The molecule has 0 aromatic heterocycles. The molecule has 128 valence electrons. The Morgan fingerprint density at radius 1 is 1.13 bits per heavy atom. The number of benzene rings is 1. The average molecular weight is 349 g/mol. The molecule has 4 nitrogen and oxygen atoms in total. The first-order chi connectivity index (χ1) is 10.6. The van der Waals surface area contributed by atoms with E-state index in [0.717, 1.165) is 0 Å². The first kappa shape index (κ1) is 19.4. The van der Waals surface area contributed by atoms with Crippen molar-refractivity contribution in [1.82, 2.24) is 0 Å². The number of rotatable bonds is 5. The fraction of sp³-hybridized carbons (Fsp3) is 0.500. The number of hydrogen-bond donors (Lipinski definition) is 0. The van der Waals surface area contributed by atoms with Crippen LogP contribution in [0.15, 0.2) is 24.3 Å². The highest BCUT2D eigenvalue weighted by molar-refractivity contribution is 6.30. The maximum absolute atomic E-state index is 13.9. The molecular weight excluding hydrogens is 330 g/mol. The number of hydrogen-bond acceptors (Lipinski definition) is 4. The lowest BCUT2D eigenvalue weighted by molar-refractivity contribution is -0.180. The van der Waals surface area contributed by atoms with Crippen molar-refractivity contribution in [3.63, 3.8) is 0 Å². The summed E-state index contributed by atoms with van der Waals surface area (Å²) in [6.45, 7) is 5.88. The van der Waals surface area contributed by atoms with Gasteiger partial charge < -0.3 is 9.47 Å². The van der Waals surface area contributed by atoms with Gasteiger partial charge in [0.1, 0.15) is 5.60 Å². The van der Waals surface area contributed by atoms with Gasteiger partial charge in [-0.1, -0.05) is 23.7 Å². The molecule has 0 fully saturated rings. The van der Waals surface area contributed by atoms with E-state index in [9.17, 15) is 18.4 Å². The fourth-order valence-electron chi connectivity index (χ4n) is 1.94. The Morgan fingerprint density at radius 3 is 2.04 bits per heavy atom. The van der Waals surface area contributed by atoms with E-state index in [1.54, 1.807) is 0 Å². The Balaban J connectivity index is 3.51. The molecule has 0 bridgehead atoms. The van der Waals surface area contributed by atoms with Gasteiger partial charge >= 0.3 is 11.9 Å². The SMILES string of the molecule is CCOC(=O)C(C(=O)OC(C)(C)C)(c1ccc(Cl)cc1)C(F)F. The number of carbonyl (C=O) groups excluding carboxylic acids is 2. The highest BCUT2D eigenvalue weighted by Gasteiger charge is 2.59. The molecule has 0 saturated carbocycles. The topological polar surface area (TPSA) is 52.6 Å². The number of ether oxygens (including phenoxy) is 2. The van der Waals surface area contributed by atoms with Crippen LogP contribution < -0.4 is 0 Å². The Hall–Kier alpha value is -1.69. The van der Waals surface area contributed by atoms with Gasteiger partial charge in [0.25, 0.3) is 6.43 Å². The molecule has 1 unspecified atom stereocenters. The molecule has 1 aromatic carbocycles. The van der Waals surface area contributed by atoms with Crippen LogP contribution >= 0.6 is 11.6 Å². The molecule has 7 heteroatoms. The highest BCUT2D eigenvalue weighted by atomic mass is 35.5. The first-order valence-corrected chi connectivity index (χ1v) is 7.38. The van der Waals surface area contributed by atoms with E-state index < -0.39 is 29.4 Å². The van der Waals surface area contributed by atoms with Crippen molar-refractivity contribution >= 4 is 23.5 Å². The second kappa shape index (κ2) is 7.25. The Labute approximate surface area is 138 Å². The van der Waals surface area contributed by atoms with Crippen molar-refractivity contribution < 1.29 is 27.8 Å². The molecule has 0 N–H and O–H groups in total. The minimum absolute atomic E-state index is 0.149. The molecule has 0 radical (unpaired) electrons. The van der Waals surface area contributed by atoms with Crippen LogP contribution in [0, 0.1) is 0 Å². The van der Waals surface area contributed by atoms with E-state index >= 15 is 0 Å². The molecule has 0 aliphatic rings. The summed E-state index contributed by atoms with van der Waals surface area (Å²) in [5, 5.41) is 0.282. The minimum atomic E-state index is -3.35. The third kappa shape index (κ3) is 4.19. The third-order valence-electron chi connectivity index (χ3n) is 2.95. The predicted octanol–water partition coefficient (Wildman–Crippen LogP) is 3.75.